The molecule has 92 valence electrons. The first-order chi connectivity index (χ1) is 8.84. The molecule has 3 nitrogen and oxygen atoms in total. The number of hydrogen-bond acceptors (Lipinski definition) is 3. The van der Waals surface area contributed by atoms with E-state index in [4.69, 9.17) is 5.73 Å². The van der Waals surface area contributed by atoms with E-state index in [9.17, 15) is 0 Å². The van der Waals surface area contributed by atoms with Gasteiger partial charge in [-0.2, -0.15) is 0 Å². The van der Waals surface area contributed by atoms with Gasteiger partial charge in [0.2, 0.25) is 0 Å². The maximum absolute atomic E-state index is 5.94. The van der Waals surface area contributed by atoms with E-state index < -0.39 is 0 Å². The van der Waals surface area contributed by atoms with E-state index in [-0.39, 0.29) is 6.29 Å². The molecule has 3 heteroatoms. The summed E-state index contributed by atoms with van der Waals surface area (Å²) in [5.74, 6) is 0. The number of rotatable bonds is 0. The van der Waals surface area contributed by atoms with E-state index in [0.29, 0.717) is 0 Å². The summed E-state index contributed by atoms with van der Waals surface area (Å²) in [6, 6.07) is 8.40. The molecule has 3 rings (SSSR count). The monoisotopic (exact) mass is 239 g/mol. The van der Waals surface area contributed by atoms with Gasteiger partial charge in [0.25, 0.3) is 0 Å². The Morgan fingerprint density at radius 3 is 3.00 bits per heavy atom. The molecule has 0 saturated heterocycles. The molecule has 1 aromatic carbocycles. The summed E-state index contributed by atoms with van der Waals surface area (Å²) in [6.07, 6.45) is 9.27. The SMILES string of the molecule is NC1NCC2=C(N1)c1ccccc1/C=C\C=C/C2. The number of nitrogens with two attached hydrogens (primary N) is 1. The molecule has 0 aromatic heterocycles. The Bertz CT molecular complexity index is 540. The third-order valence-corrected chi connectivity index (χ3v) is 3.31. The van der Waals surface area contributed by atoms with Gasteiger partial charge >= 0.3 is 0 Å². The van der Waals surface area contributed by atoms with E-state index in [1.807, 2.05) is 0 Å². The van der Waals surface area contributed by atoms with Crippen LogP contribution < -0.4 is 16.4 Å². The lowest BCUT2D eigenvalue weighted by molar-refractivity contribution is 0.490. The maximum atomic E-state index is 5.94. The first kappa shape index (κ1) is 11.3. The average molecular weight is 239 g/mol. The fraction of sp³-hybridized carbons (Fsp3) is 0.200. The molecule has 18 heavy (non-hydrogen) atoms. The van der Waals surface area contributed by atoms with E-state index in [2.05, 4.69) is 59.2 Å². The second kappa shape index (κ2) is 4.80. The van der Waals surface area contributed by atoms with Crippen LogP contribution in [0.25, 0.3) is 11.8 Å². The zero-order valence-corrected chi connectivity index (χ0v) is 10.2. The Morgan fingerprint density at radius 1 is 1.17 bits per heavy atom. The van der Waals surface area contributed by atoms with Crippen LogP contribution in [0.15, 0.2) is 48.1 Å². The molecule has 0 amide bonds. The standard InChI is InChI=1S/C15H17N3/c16-15-17-10-12-8-3-1-2-6-11-7-4-5-9-13(11)14(12)18-15/h1-7,9,15,17-18H,8,10,16H2/b3-1-,6-2-. The Kier molecular flexibility index (Phi) is 3.00. The lowest BCUT2D eigenvalue weighted by atomic mass is 9.98. The van der Waals surface area contributed by atoms with Gasteiger partial charge in [-0.1, -0.05) is 48.6 Å². The molecule has 1 unspecified atom stereocenters. The average Bonchev–Trinajstić information content (AvgIpc) is 2.48. The van der Waals surface area contributed by atoms with Gasteiger partial charge in [-0.3, -0.25) is 11.1 Å². The minimum Gasteiger partial charge on any atom is -0.357 e. The highest BCUT2D eigenvalue weighted by Crippen LogP contribution is 2.26. The van der Waals surface area contributed by atoms with Gasteiger partial charge in [0.05, 0.1) is 0 Å². The number of hydrogen-bond donors (Lipinski definition) is 3. The molecule has 4 N–H and O–H groups in total. The molecule has 1 aliphatic heterocycles. The van der Waals surface area contributed by atoms with Crippen molar-refractivity contribution in [3.63, 3.8) is 0 Å². The summed E-state index contributed by atoms with van der Waals surface area (Å²) in [5.41, 5.74) is 10.9. The highest BCUT2D eigenvalue weighted by molar-refractivity contribution is 5.76. The predicted octanol–water partition coefficient (Wildman–Crippen LogP) is 1.81. The minimum absolute atomic E-state index is 0.175. The smallest absolute Gasteiger partial charge is 0.130 e. The second-order valence-electron chi connectivity index (χ2n) is 4.56. The summed E-state index contributed by atoms with van der Waals surface area (Å²) in [7, 11) is 0. The van der Waals surface area contributed by atoms with Crippen LogP contribution >= 0.6 is 0 Å². The Labute approximate surface area is 107 Å². The van der Waals surface area contributed by atoms with Gasteiger partial charge < -0.3 is 5.32 Å². The zero-order chi connectivity index (χ0) is 12.4. The fourth-order valence-corrected chi connectivity index (χ4v) is 2.39. The predicted molar refractivity (Wildman–Crippen MR) is 75.3 cm³/mol. The zero-order valence-electron chi connectivity index (χ0n) is 10.2. The minimum atomic E-state index is -0.175. The van der Waals surface area contributed by atoms with Gasteiger partial charge in [0, 0.05) is 17.8 Å². The molecule has 1 heterocycles. The third-order valence-electron chi connectivity index (χ3n) is 3.31. The summed E-state index contributed by atoms with van der Waals surface area (Å²) >= 11 is 0. The Morgan fingerprint density at radius 2 is 2.06 bits per heavy atom. The first-order valence-electron chi connectivity index (χ1n) is 6.25. The summed E-state index contributed by atoms with van der Waals surface area (Å²) in [4.78, 5) is 0. The maximum Gasteiger partial charge on any atom is 0.130 e. The van der Waals surface area contributed by atoms with E-state index in [0.717, 1.165) is 13.0 Å². The molecule has 2 aliphatic rings. The van der Waals surface area contributed by atoms with Gasteiger partial charge in [0.1, 0.15) is 6.29 Å². The summed E-state index contributed by atoms with van der Waals surface area (Å²) in [6.45, 7) is 0.835. The van der Waals surface area contributed by atoms with Crippen LogP contribution in [0, 0.1) is 0 Å². The normalized spacial score (nSPS) is 25.9. The molecule has 1 atom stereocenters. The van der Waals surface area contributed by atoms with E-state index >= 15 is 0 Å². The lowest BCUT2D eigenvalue weighted by Gasteiger charge is -2.29. The second-order valence-corrected chi connectivity index (χ2v) is 4.56. The Hall–Kier alpha value is -1.84. The van der Waals surface area contributed by atoms with Crippen LogP contribution in [0.1, 0.15) is 17.5 Å². The highest BCUT2D eigenvalue weighted by Gasteiger charge is 2.18. The van der Waals surface area contributed by atoms with Crippen molar-refractivity contribution in [2.45, 2.75) is 12.7 Å². The molecule has 1 aromatic rings. The van der Waals surface area contributed by atoms with Crippen LogP contribution in [0.2, 0.25) is 0 Å². The van der Waals surface area contributed by atoms with Crippen molar-refractivity contribution in [3.8, 4) is 0 Å². The highest BCUT2D eigenvalue weighted by atomic mass is 15.2. The van der Waals surface area contributed by atoms with Gasteiger partial charge in [-0.05, 0) is 17.6 Å². The van der Waals surface area contributed by atoms with Crippen molar-refractivity contribution < 1.29 is 0 Å². The van der Waals surface area contributed by atoms with Crippen molar-refractivity contribution >= 4 is 11.8 Å². The molecule has 0 fully saturated rings. The van der Waals surface area contributed by atoms with Gasteiger partial charge in [0.15, 0.2) is 0 Å². The fourth-order valence-electron chi connectivity index (χ4n) is 2.39. The van der Waals surface area contributed by atoms with Crippen LogP contribution in [0.3, 0.4) is 0 Å². The van der Waals surface area contributed by atoms with Crippen LogP contribution in [0.4, 0.5) is 0 Å². The molecule has 0 bridgehead atoms. The number of fused-ring (bicyclic) bond motifs is 2. The van der Waals surface area contributed by atoms with E-state index in [1.165, 1.54) is 22.4 Å². The van der Waals surface area contributed by atoms with Crippen molar-refractivity contribution in [2.75, 3.05) is 6.54 Å². The molecule has 0 spiro atoms. The summed E-state index contributed by atoms with van der Waals surface area (Å²) < 4.78 is 0. The largest absolute Gasteiger partial charge is 0.357 e. The lowest BCUT2D eigenvalue weighted by Crippen LogP contribution is -2.52. The molecular weight excluding hydrogens is 222 g/mol. The number of nitrogens with one attached hydrogen (secondary N) is 2. The quantitative estimate of drug-likeness (QED) is 0.647. The van der Waals surface area contributed by atoms with Crippen molar-refractivity contribution in [1.82, 2.24) is 10.6 Å². The van der Waals surface area contributed by atoms with Crippen molar-refractivity contribution in [3.05, 3.63) is 59.2 Å². The van der Waals surface area contributed by atoms with Crippen LogP contribution in [0.5, 0.6) is 0 Å². The number of allylic oxidation sites excluding steroid dienone is 3. The van der Waals surface area contributed by atoms with E-state index in [1.54, 1.807) is 0 Å². The van der Waals surface area contributed by atoms with Gasteiger partial charge in [-0.15, -0.1) is 0 Å². The van der Waals surface area contributed by atoms with Crippen LogP contribution in [-0.4, -0.2) is 12.8 Å². The Balaban J connectivity index is 2.15. The molecule has 0 saturated carbocycles. The summed E-state index contributed by atoms with van der Waals surface area (Å²) in [5, 5.41) is 6.58. The topological polar surface area (TPSA) is 50.1 Å². The van der Waals surface area contributed by atoms with Crippen molar-refractivity contribution in [1.29, 1.82) is 0 Å². The molecule has 0 radical (unpaired) electrons. The van der Waals surface area contributed by atoms with Crippen molar-refractivity contribution in [2.24, 2.45) is 5.73 Å². The first-order valence-corrected chi connectivity index (χ1v) is 6.25. The van der Waals surface area contributed by atoms with Crippen LogP contribution in [-0.2, 0) is 0 Å². The molecular formula is C15H17N3. The molecule has 1 aliphatic carbocycles. The number of benzene rings is 1. The third kappa shape index (κ3) is 2.10. The van der Waals surface area contributed by atoms with Gasteiger partial charge in [-0.25, -0.2) is 0 Å².